The molecule has 0 bridgehead atoms. The summed E-state index contributed by atoms with van der Waals surface area (Å²) in [7, 11) is -3.70. The van der Waals surface area contributed by atoms with Gasteiger partial charge in [-0.1, -0.05) is 20.3 Å². The number of sulfonamides is 1. The summed E-state index contributed by atoms with van der Waals surface area (Å²) in [6, 6.07) is 6.05. The summed E-state index contributed by atoms with van der Waals surface area (Å²) >= 11 is 0. The molecule has 0 saturated heterocycles. The van der Waals surface area contributed by atoms with Gasteiger partial charge < -0.3 is 5.73 Å². The van der Waals surface area contributed by atoms with Crippen molar-refractivity contribution in [2.24, 2.45) is 5.41 Å². The van der Waals surface area contributed by atoms with E-state index in [1.165, 1.54) is 18.2 Å². The van der Waals surface area contributed by atoms with E-state index in [-0.39, 0.29) is 21.9 Å². The minimum atomic E-state index is -3.70. The summed E-state index contributed by atoms with van der Waals surface area (Å²) in [4.78, 5) is -0.00287. The number of nitrogen functional groups attached to an aromatic ring is 1. The van der Waals surface area contributed by atoms with Crippen molar-refractivity contribution in [3.8, 4) is 6.07 Å². The first-order chi connectivity index (χ1) is 9.26. The molecule has 6 heteroatoms. The van der Waals surface area contributed by atoms with Crippen LogP contribution < -0.4 is 10.5 Å². The van der Waals surface area contributed by atoms with E-state index >= 15 is 0 Å². The maximum atomic E-state index is 12.5. The third-order valence-corrected chi connectivity index (χ3v) is 5.50. The Morgan fingerprint density at radius 1 is 1.45 bits per heavy atom. The molecule has 3 N–H and O–H groups in total. The molecule has 1 atom stereocenters. The number of hydrogen-bond donors (Lipinski definition) is 2. The van der Waals surface area contributed by atoms with E-state index in [2.05, 4.69) is 18.6 Å². The fraction of sp³-hybridized carbons (Fsp3) is 0.500. The van der Waals surface area contributed by atoms with E-state index < -0.39 is 10.0 Å². The lowest BCUT2D eigenvalue weighted by Crippen LogP contribution is -2.41. The molecule has 5 nitrogen and oxygen atoms in total. The number of benzene rings is 1. The Morgan fingerprint density at radius 3 is 2.70 bits per heavy atom. The van der Waals surface area contributed by atoms with Crippen molar-refractivity contribution in [3.05, 3.63) is 23.8 Å². The van der Waals surface area contributed by atoms with Gasteiger partial charge in [-0.25, -0.2) is 13.1 Å². The monoisotopic (exact) mass is 293 g/mol. The van der Waals surface area contributed by atoms with Gasteiger partial charge in [-0.2, -0.15) is 5.26 Å². The second kappa shape index (κ2) is 5.08. The molecule has 0 heterocycles. The second-order valence-corrected chi connectivity index (χ2v) is 7.60. The minimum absolute atomic E-state index is 0.00287. The summed E-state index contributed by atoms with van der Waals surface area (Å²) in [5.41, 5.74) is 5.98. The molecule has 1 unspecified atom stereocenters. The topological polar surface area (TPSA) is 96.0 Å². The molecule has 1 aromatic rings. The minimum Gasteiger partial charge on any atom is -0.399 e. The Labute approximate surface area is 119 Å². The smallest absolute Gasteiger partial charge is 0.242 e. The molecule has 1 aromatic carbocycles. The molecule has 1 fully saturated rings. The lowest BCUT2D eigenvalue weighted by molar-refractivity contribution is 0.313. The summed E-state index contributed by atoms with van der Waals surface area (Å²) in [6.07, 6.45) is 2.82. The van der Waals surface area contributed by atoms with Gasteiger partial charge in [-0.15, -0.1) is 0 Å². The predicted octanol–water partition coefficient (Wildman–Crippen LogP) is 2.00. The first kappa shape index (κ1) is 14.8. The molecule has 0 radical (unpaired) electrons. The van der Waals surface area contributed by atoms with Gasteiger partial charge in [0.15, 0.2) is 0 Å². The van der Waals surface area contributed by atoms with Gasteiger partial charge in [0.25, 0.3) is 0 Å². The maximum absolute atomic E-state index is 12.5. The molecule has 0 spiro atoms. The van der Waals surface area contributed by atoms with E-state index in [9.17, 15) is 8.42 Å². The molecule has 0 amide bonds. The van der Waals surface area contributed by atoms with Gasteiger partial charge in [0.2, 0.25) is 10.0 Å². The summed E-state index contributed by atoms with van der Waals surface area (Å²) in [6.45, 7) is 4.11. The van der Waals surface area contributed by atoms with E-state index in [0.29, 0.717) is 5.69 Å². The highest BCUT2D eigenvalue weighted by Gasteiger charge is 2.37. The average Bonchev–Trinajstić information content (AvgIpc) is 2.67. The van der Waals surface area contributed by atoms with Crippen molar-refractivity contribution in [1.29, 1.82) is 5.26 Å². The Hall–Kier alpha value is -1.58. The van der Waals surface area contributed by atoms with Gasteiger partial charge in [0.1, 0.15) is 6.07 Å². The highest BCUT2D eigenvalue weighted by molar-refractivity contribution is 7.89. The zero-order valence-electron chi connectivity index (χ0n) is 11.7. The zero-order chi connectivity index (χ0) is 15.0. The average molecular weight is 293 g/mol. The molecule has 0 aliphatic heterocycles. The fourth-order valence-electron chi connectivity index (χ4n) is 2.67. The van der Waals surface area contributed by atoms with Gasteiger partial charge in [-0.3, -0.25) is 0 Å². The standard InChI is InChI=1S/C14H19N3O2S/c1-14(2)7-3-4-13(14)17-20(18,19)12-6-5-11(16)8-10(12)9-15/h5-6,8,13,17H,3-4,7,16H2,1-2H3. The first-order valence-electron chi connectivity index (χ1n) is 6.58. The number of nitrogens with two attached hydrogens (primary N) is 1. The maximum Gasteiger partial charge on any atom is 0.242 e. The Morgan fingerprint density at radius 2 is 2.15 bits per heavy atom. The van der Waals surface area contributed by atoms with Crippen LogP contribution in [0.5, 0.6) is 0 Å². The van der Waals surface area contributed by atoms with Crippen LogP contribution in [0.3, 0.4) is 0 Å². The summed E-state index contributed by atoms with van der Waals surface area (Å²) in [5.74, 6) is 0. The summed E-state index contributed by atoms with van der Waals surface area (Å²) < 4.78 is 27.7. The number of anilines is 1. The second-order valence-electron chi connectivity index (χ2n) is 5.92. The third kappa shape index (κ3) is 2.79. The van der Waals surface area contributed by atoms with Crippen molar-refractivity contribution >= 4 is 15.7 Å². The van der Waals surface area contributed by atoms with E-state index in [1.54, 1.807) is 0 Å². The number of rotatable bonds is 3. The van der Waals surface area contributed by atoms with Crippen LogP contribution in [0.15, 0.2) is 23.1 Å². The molecule has 1 aliphatic carbocycles. The predicted molar refractivity (Wildman–Crippen MR) is 77.3 cm³/mol. The van der Waals surface area contributed by atoms with E-state index in [0.717, 1.165) is 19.3 Å². The molecular weight excluding hydrogens is 274 g/mol. The van der Waals surface area contributed by atoms with Crippen LogP contribution in [0.2, 0.25) is 0 Å². The highest BCUT2D eigenvalue weighted by atomic mass is 32.2. The molecule has 1 saturated carbocycles. The van der Waals surface area contributed by atoms with Crippen LogP contribution in [0.4, 0.5) is 5.69 Å². The third-order valence-electron chi connectivity index (χ3n) is 3.97. The quantitative estimate of drug-likeness (QED) is 0.833. The fourth-order valence-corrected chi connectivity index (χ4v) is 4.24. The van der Waals surface area contributed by atoms with Crippen molar-refractivity contribution in [1.82, 2.24) is 4.72 Å². The van der Waals surface area contributed by atoms with Crippen molar-refractivity contribution < 1.29 is 8.42 Å². The molecule has 2 rings (SSSR count). The molecule has 1 aliphatic rings. The first-order valence-corrected chi connectivity index (χ1v) is 8.06. The number of hydrogen-bond acceptors (Lipinski definition) is 4. The summed E-state index contributed by atoms with van der Waals surface area (Å²) in [5, 5.41) is 9.07. The van der Waals surface area contributed by atoms with Crippen LogP contribution in [-0.2, 0) is 10.0 Å². The van der Waals surface area contributed by atoms with E-state index in [4.69, 9.17) is 11.0 Å². The zero-order valence-corrected chi connectivity index (χ0v) is 12.5. The molecular formula is C14H19N3O2S. The van der Waals surface area contributed by atoms with Gasteiger partial charge in [0.05, 0.1) is 10.5 Å². The number of nitriles is 1. The van der Waals surface area contributed by atoms with Crippen molar-refractivity contribution in [2.45, 2.75) is 44.0 Å². The van der Waals surface area contributed by atoms with Crippen LogP contribution in [0.25, 0.3) is 0 Å². The van der Waals surface area contributed by atoms with Crippen LogP contribution in [0.1, 0.15) is 38.7 Å². The molecule has 20 heavy (non-hydrogen) atoms. The van der Waals surface area contributed by atoms with Gasteiger partial charge >= 0.3 is 0 Å². The normalized spacial score (nSPS) is 21.6. The van der Waals surface area contributed by atoms with Crippen molar-refractivity contribution in [2.75, 3.05) is 5.73 Å². The van der Waals surface area contributed by atoms with Gasteiger partial charge in [0, 0.05) is 11.7 Å². The Bertz CT molecular complexity index is 659. The Kier molecular flexibility index (Phi) is 3.76. The van der Waals surface area contributed by atoms with Crippen LogP contribution in [0, 0.1) is 16.7 Å². The van der Waals surface area contributed by atoms with Gasteiger partial charge in [-0.05, 0) is 36.5 Å². The van der Waals surface area contributed by atoms with E-state index in [1.807, 2.05) is 6.07 Å². The van der Waals surface area contributed by atoms with Crippen LogP contribution >= 0.6 is 0 Å². The lowest BCUT2D eigenvalue weighted by Gasteiger charge is -2.27. The Balaban J connectivity index is 2.35. The number of nitrogens with zero attached hydrogens (tertiary/aromatic N) is 1. The lowest BCUT2D eigenvalue weighted by atomic mass is 9.88. The number of nitrogens with one attached hydrogen (secondary N) is 1. The SMILES string of the molecule is CC1(C)CCCC1NS(=O)(=O)c1ccc(N)cc1C#N. The van der Waals surface area contributed by atoms with Crippen molar-refractivity contribution in [3.63, 3.8) is 0 Å². The largest absolute Gasteiger partial charge is 0.399 e. The molecule has 0 aromatic heterocycles. The molecule has 108 valence electrons. The highest BCUT2D eigenvalue weighted by Crippen LogP contribution is 2.38. The van der Waals surface area contributed by atoms with Crippen LogP contribution in [-0.4, -0.2) is 14.5 Å².